The molecule has 0 aliphatic rings. The molecule has 1 aromatic carbocycles. The Hall–Kier alpha value is -1.69. The minimum atomic E-state index is -0.917. The predicted molar refractivity (Wildman–Crippen MR) is 72.3 cm³/mol. The van der Waals surface area contributed by atoms with E-state index >= 15 is 0 Å². The Morgan fingerprint density at radius 2 is 2.00 bits per heavy atom. The van der Waals surface area contributed by atoms with Gasteiger partial charge in [-0.05, 0) is 40.2 Å². The molecule has 0 spiro atoms. The largest absolute Gasteiger partial charge is 0.492 e. The Bertz CT molecular complexity index is 549. The van der Waals surface area contributed by atoms with E-state index in [1.54, 1.807) is 6.20 Å². The lowest BCUT2D eigenvalue weighted by atomic mass is 10.3. The van der Waals surface area contributed by atoms with Gasteiger partial charge in [-0.1, -0.05) is 0 Å². The summed E-state index contributed by atoms with van der Waals surface area (Å²) in [5.74, 6) is -0.786. The highest BCUT2D eigenvalue weighted by Gasteiger charge is 2.02. The molecule has 0 saturated heterocycles. The normalized spacial score (nSPS) is 10.3. The lowest BCUT2D eigenvalue weighted by Gasteiger charge is -2.08. The van der Waals surface area contributed by atoms with Crippen molar-refractivity contribution in [2.45, 2.75) is 0 Å². The molecule has 19 heavy (non-hydrogen) atoms. The summed E-state index contributed by atoms with van der Waals surface area (Å²) in [5, 5.41) is 3.04. The SMILES string of the molecule is Fc1ccc(OCCNc2ccc(Br)cn2)cc1F. The second-order valence-electron chi connectivity index (χ2n) is 3.71. The van der Waals surface area contributed by atoms with E-state index in [9.17, 15) is 8.78 Å². The van der Waals surface area contributed by atoms with Crippen LogP contribution in [0.25, 0.3) is 0 Å². The van der Waals surface area contributed by atoms with Crippen molar-refractivity contribution in [1.82, 2.24) is 4.98 Å². The zero-order valence-electron chi connectivity index (χ0n) is 9.87. The summed E-state index contributed by atoms with van der Waals surface area (Å²) in [5.41, 5.74) is 0. The van der Waals surface area contributed by atoms with E-state index in [0.29, 0.717) is 18.9 Å². The Labute approximate surface area is 117 Å². The highest BCUT2D eigenvalue weighted by Crippen LogP contribution is 2.15. The van der Waals surface area contributed by atoms with Gasteiger partial charge in [-0.2, -0.15) is 0 Å². The fraction of sp³-hybridized carbons (Fsp3) is 0.154. The molecule has 3 nitrogen and oxygen atoms in total. The van der Waals surface area contributed by atoms with Crippen molar-refractivity contribution in [3.8, 4) is 5.75 Å². The Kier molecular flexibility index (Phi) is 4.68. The standard InChI is InChI=1S/C13H11BrF2N2O/c14-9-1-4-13(18-8-9)17-5-6-19-10-2-3-11(15)12(16)7-10/h1-4,7-8H,5-6H2,(H,17,18). The van der Waals surface area contributed by atoms with Crippen LogP contribution in [0.5, 0.6) is 5.75 Å². The lowest BCUT2D eigenvalue weighted by Crippen LogP contribution is -2.12. The van der Waals surface area contributed by atoms with Crippen LogP contribution in [0.3, 0.4) is 0 Å². The van der Waals surface area contributed by atoms with Crippen LogP contribution in [-0.2, 0) is 0 Å². The summed E-state index contributed by atoms with van der Waals surface area (Å²) in [7, 11) is 0. The molecule has 1 N–H and O–H groups in total. The van der Waals surface area contributed by atoms with Gasteiger partial charge in [0.25, 0.3) is 0 Å². The van der Waals surface area contributed by atoms with Crippen LogP contribution >= 0.6 is 15.9 Å². The number of halogens is 3. The molecule has 2 rings (SSSR count). The minimum absolute atomic E-state index is 0.296. The number of nitrogens with zero attached hydrogens (tertiary/aromatic N) is 1. The second-order valence-corrected chi connectivity index (χ2v) is 4.63. The maximum Gasteiger partial charge on any atom is 0.162 e. The first kappa shape index (κ1) is 13.7. The van der Waals surface area contributed by atoms with E-state index in [4.69, 9.17) is 4.74 Å². The van der Waals surface area contributed by atoms with Gasteiger partial charge >= 0.3 is 0 Å². The molecule has 100 valence electrons. The van der Waals surface area contributed by atoms with Crippen LogP contribution in [0.4, 0.5) is 14.6 Å². The van der Waals surface area contributed by atoms with Crippen LogP contribution in [0, 0.1) is 11.6 Å². The molecule has 0 aliphatic carbocycles. The first-order valence-corrected chi connectivity index (χ1v) is 6.38. The summed E-state index contributed by atoms with van der Waals surface area (Å²) >= 11 is 3.29. The molecule has 1 heterocycles. The summed E-state index contributed by atoms with van der Waals surface area (Å²) in [6.45, 7) is 0.830. The molecule has 0 radical (unpaired) electrons. The average Bonchev–Trinajstić information content (AvgIpc) is 2.41. The average molecular weight is 329 g/mol. The van der Waals surface area contributed by atoms with E-state index < -0.39 is 11.6 Å². The Morgan fingerprint density at radius 1 is 1.16 bits per heavy atom. The van der Waals surface area contributed by atoms with E-state index in [0.717, 1.165) is 22.4 Å². The van der Waals surface area contributed by atoms with Gasteiger partial charge in [-0.25, -0.2) is 13.8 Å². The molecule has 0 bridgehead atoms. The monoisotopic (exact) mass is 328 g/mol. The van der Waals surface area contributed by atoms with Crippen molar-refractivity contribution >= 4 is 21.7 Å². The van der Waals surface area contributed by atoms with Crippen molar-refractivity contribution in [2.75, 3.05) is 18.5 Å². The molecule has 1 aromatic heterocycles. The first-order chi connectivity index (χ1) is 9.15. The molecule has 0 unspecified atom stereocenters. The van der Waals surface area contributed by atoms with Crippen LogP contribution in [0.2, 0.25) is 0 Å². The van der Waals surface area contributed by atoms with Gasteiger partial charge in [0.15, 0.2) is 11.6 Å². The highest BCUT2D eigenvalue weighted by molar-refractivity contribution is 9.10. The van der Waals surface area contributed by atoms with E-state index in [1.165, 1.54) is 6.07 Å². The number of hydrogen-bond acceptors (Lipinski definition) is 3. The van der Waals surface area contributed by atoms with E-state index in [-0.39, 0.29) is 0 Å². The van der Waals surface area contributed by atoms with Crippen molar-refractivity contribution < 1.29 is 13.5 Å². The number of rotatable bonds is 5. The van der Waals surface area contributed by atoms with Gasteiger partial charge in [0, 0.05) is 16.7 Å². The van der Waals surface area contributed by atoms with Crippen LogP contribution in [-0.4, -0.2) is 18.1 Å². The van der Waals surface area contributed by atoms with Crippen molar-refractivity contribution in [3.63, 3.8) is 0 Å². The second kappa shape index (κ2) is 6.47. The summed E-state index contributed by atoms with van der Waals surface area (Å²) in [6, 6.07) is 7.13. The van der Waals surface area contributed by atoms with Gasteiger partial charge in [0.05, 0.1) is 6.54 Å². The molecular formula is C13H11BrF2N2O. The number of anilines is 1. The summed E-state index contributed by atoms with van der Waals surface area (Å²) < 4.78 is 31.8. The molecule has 6 heteroatoms. The number of benzene rings is 1. The van der Waals surface area contributed by atoms with Crippen LogP contribution in [0.15, 0.2) is 41.0 Å². The third kappa shape index (κ3) is 4.17. The topological polar surface area (TPSA) is 34.1 Å². The summed E-state index contributed by atoms with van der Waals surface area (Å²) in [6.07, 6.45) is 1.68. The predicted octanol–water partition coefficient (Wildman–Crippen LogP) is 3.61. The van der Waals surface area contributed by atoms with Crippen molar-refractivity contribution in [2.24, 2.45) is 0 Å². The van der Waals surface area contributed by atoms with Gasteiger partial charge in [-0.3, -0.25) is 0 Å². The van der Waals surface area contributed by atoms with E-state index in [2.05, 4.69) is 26.2 Å². The fourth-order valence-electron chi connectivity index (χ4n) is 1.40. The number of hydrogen-bond donors (Lipinski definition) is 1. The zero-order valence-corrected chi connectivity index (χ0v) is 11.5. The number of nitrogens with one attached hydrogen (secondary N) is 1. The van der Waals surface area contributed by atoms with Crippen LogP contribution in [0.1, 0.15) is 0 Å². The number of ether oxygens (including phenoxy) is 1. The molecule has 0 saturated carbocycles. The Balaban J connectivity index is 1.77. The molecule has 0 amide bonds. The first-order valence-electron chi connectivity index (χ1n) is 5.58. The van der Waals surface area contributed by atoms with Gasteiger partial charge < -0.3 is 10.1 Å². The quantitative estimate of drug-likeness (QED) is 0.851. The smallest absolute Gasteiger partial charge is 0.162 e. The fourth-order valence-corrected chi connectivity index (χ4v) is 1.63. The molecule has 2 aromatic rings. The third-order valence-electron chi connectivity index (χ3n) is 2.30. The van der Waals surface area contributed by atoms with Crippen molar-refractivity contribution in [3.05, 3.63) is 52.6 Å². The number of aromatic nitrogens is 1. The molecule has 0 fully saturated rings. The third-order valence-corrected chi connectivity index (χ3v) is 2.76. The maximum atomic E-state index is 12.9. The summed E-state index contributed by atoms with van der Waals surface area (Å²) in [4.78, 5) is 4.13. The van der Waals surface area contributed by atoms with Gasteiger partial charge in [0.2, 0.25) is 0 Å². The maximum absolute atomic E-state index is 12.9. The Morgan fingerprint density at radius 3 is 2.68 bits per heavy atom. The number of pyridine rings is 1. The molecular weight excluding hydrogens is 318 g/mol. The van der Waals surface area contributed by atoms with Crippen LogP contribution < -0.4 is 10.1 Å². The highest BCUT2D eigenvalue weighted by atomic mass is 79.9. The van der Waals surface area contributed by atoms with Crippen molar-refractivity contribution in [1.29, 1.82) is 0 Å². The molecule has 0 aliphatic heterocycles. The van der Waals surface area contributed by atoms with Gasteiger partial charge in [0.1, 0.15) is 18.2 Å². The van der Waals surface area contributed by atoms with Gasteiger partial charge in [-0.15, -0.1) is 0 Å². The lowest BCUT2D eigenvalue weighted by molar-refractivity contribution is 0.329. The minimum Gasteiger partial charge on any atom is -0.492 e. The molecule has 0 atom stereocenters. The van der Waals surface area contributed by atoms with E-state index in [1.807, 2.05) is 12.1 Å². The zero-order chi connectivity index (χ0) is 13.7.